The summed E-state index contributed by atoms with van der Waals surface area (Å²) >= 11 is 4.56. The van der Waals surface area contributed by atoms with E-state index >= 15 is 0 Å². The van der Waals surface area contributed by atoms with Gasteiger partial charge >= 0.3 is 166 Å². The summed E-state index contributed by atoms with van der Waals surface area (Å²) in [6.07, 6.45) is 0. The first-order valence-electron chi connectivity index (χ1n) is 7.23. The molecule has 2 aliphatic rings. The first-order chi connectivity index (χ1) is 9.11. The van der Waals surface area contributed by atoms with Crippen LogP contribution in [0.2, 0.25) is 8.45 Å². The maximum atomic E-state index is 2.28. The van der Waals surface area contributed by atoms with Gasteiger partial charge in [-0.2, -0.15) is 0 Å². The number of hydrogen-bond donors (Lipinski definition) is 0. The van der Waals surface area contributed by atoms with Gasteiger partial charge in [0.25, 0.3) is 0 Å². The zero-order chi connectivity index (χ0) is 15.8. The molecule has 2 aliphatic carbocycles. The summed E-state index contributed by atoms with van der Waals surface area (Å²) in [6.45, 7) is 17.8. The predicted octanol–water partition coefficient (Wildman–Crippen LogP) is 6.01. The molecule has 1 radical (unpaired) electrons. The van der Waals surface area contributed by atoms with Gasteiger partial charge in [-0.1, -0.05) is 0 Å². The molecule has 0 bridgehead atoms. The molecule has 0 aliphatic heterocycles. The van der Waals surface area contributed by atoms with Crippen LogP contribution in [-0.2, 0) is 57.9 Å². The Morgan fingerprint density at radius 2 is 0.619 bits per heavy atom. The Balaban J connectivity index is 0.000000364. The summed E-state index contributed by atoms with van der Waals surface area (Å²) < 4.78 is 1.39. The van der Waals surface area contributed by atoms with E-state index in [9.17, 15) is 0 Å². The van der Waals surface area contributed by atoms with Gasteiger partial charge in [-0.3, -0.25) is 0 Å². The minimum atomic E-state index is 0. The van der Waals surface area contributed by atoms with Crippen LogP contribution in [0.25, 0.3) is 0 Å². The standard InChI is InChI=1S/2C9H13.Mn.2Ti/c2*1-6-5-7(2)9(4)8(6)3;;;/h2*5H,1-4H3;;;/q;;+2;2*+3. The van der Waals surface area contributed by atoms with Gasteiger partial charge in [0.05, 0.1) is 0 Å². The van der Waals surface area contributed by atoms with Crippen LogP contribution in [0.4, 0.5) is 0 Å². The van der Waals surface area contributed by atoms with E-state index in [-0.39, 0.29) is 17.1 Å². The van der Waals surface area contributed by atoms with Crippen LogP contribution in [0.1, 0.15) is 55.4 Å². The molecule has 3 heteroatoms. The molecule has 0 atom stereocenters. The van der Waals surface area contributed by atoms with Crippen molar-refractivity contribution in [3.05, 3.63) is 44.6 Å². The van der Waals surface area contributed by atoms with Gasteiger partial charge in [-0.05, 0) is 0 Å². The minimum Gasteiger partial charge on any atom is 2.00 e. The second kappa shape index (κ2) is 8.67. The van der Waals surface area contributed by atoms with E-state index in [0.29, 0.717) is 8.45 Å². The second-order valence-electron chi connectivity index (χ2n) is 6.10. The molecule has 0 saturated heterocycles. The summed E-state index contributed by atoms with van der Waals surface area (Å²) in [7, 11) is 0. The van der Waals surface area contributed by atoms with Crippen LogP contribution < -0.4 is 0 Å². The third-order valence-corrected chi connectivity index (χ3v) is 7.93. The second-order valence-corrected chi connectivity index (χ2v) is 7.90. The van der Waals surface area contributed by atoms with Crippen molar-refractivity contribution in [2.75, 3.05) is 0 Å². The first-order valence-corrected chi connectivity index (χ1v) is 9.04. The summed E-state index contributed by atoms with van der Waals surface area (Å²) in [5.74, 6) is 0. The quantitative estimate of drug-likeness (QED) is 0.442. The third kappa shape index (κ3) is 4.47. The Labute approximate surface area is 165 Å². The largest absolute Gasteiger partial charge is 2.00 e. The summed E-state index contributed by atoms with van der Waals surface area (Å²) in [5, 5.41) is 0. The Hall–Kier alpha value is 0.908. The molecule has 0 nitrogen and oxygen atoms in total. The zero-order valence-electron chi connectivity index (χ0n) is 14.5. The minimum absolute atomic E-state index is 0. The molecule has 2 rings (SSSR count). The number of allylic oxidation sites excluding steroid dienone is 8. The smallest absolute Gasteiger partial charge is 2.00 e. The molecular weight excluding hydrogens is 367 g/mol. The van der Waals surface area contributed by atoms with Crippen LogP contribution in [-0.4, -0.2) is 0 Å². The van der Waals surface area contributed by atoms with Crippen molar-refractivity contribution in [3.63, 3.8) is 0 Å². The van der Waals surface area contributed by atoms with E-state index < -0.39 is 0 Å². The van der Waals surface area contributed by atoms with Crippen molar-refractivity contribution in [1.29, 1.82) is 0 Å². The van der Waals surface area contributed by atoms with E-state index in [1.165, 1.54) is 22.3 Å². The van der Waals surface area contributed by atoms with Crippen LogP contribution in [0.15, 0.2) is 44.6 Å². The molecule has 0 unspecified atom stereocenters. The van der Waals surface area contributed by atoms with Crippen molar-refractivity contribution in [1.82, 2.24) is 0 Å². The van der Waals surface area contributed by atoms with Gasteiger partial charge in [0, 0.05) is 0 Å². The summed E-state index contributed by atoms with van der Waals surface area (Å²) in [6, 6.07) is 0. The number of hydrogen-bond acceptors (Lipinski definition) is 0. The van der Waals surface area contributed by atoms with Crippen molar-refractivity contribution in [3.8, 4) is 0 Å². The molecule has 0 heterocycles. The molecule has 105 valence electrons. The molecule has 0 saturated carbocycles. The molecule has 0 aromatic rings. The van der Waals surface area contributed by atoms with E-state index in [0.717, 1.165) is 0 Å². The molecule has 0 amide bonds. The molecular formula is C18H26MnTi2+8. The monoisotopic (exact) mass is 393 g/mol. The summed E-state index contributed by atoms with van der Waals surface area (Å²) in [4.78, 5) is 0. The maximum Gasteiger partial charge on any atom is 2.00 e. The Morgan fingerprint density at radius 1 is 0.476 bits per heavy atom. The molecule has 21 heavy (non-hydrogen) atoms. The van der Waals surface area contributed by atoms with Crippen molar-refractivity contribution in [2.45, 2.75) is 63.8 Å². The van der Waals surface area contributed by atoms with Crippen LogP contribution in [0.5, 0.6) is 0 Å². The van der Waals surface area contributed by atoms with E-state index in [1.807, 2.05) is 0 Å². The zero-order valence-corrected chi connectivity index (χ0v) is 18.8. The Morgan fingerprint density at radius 3 is 0.667 bits per heavy atom. The van der Waals surface area contributed by atoms with Gasteiger partial charge in [-0.25, -0.2) is 0 Å². The fourth-order valence-electron chi connectivity index (χ4n) is 2.70. The predicted molar refractivity (Wildman–Crippen MR) is 81.0 cm³/mol. The van der Waals surface area contributed by atoms with Crippen molar-refractivity contribution >= 4 is 0 Å². The van der Waals surface area contributed by atoms with Gasteiger partial charge < -0.3 is 0 Å². The fraction of sp³-hybridized carbons (Fsp3) is 0.556. The molecule has 0 aromatic carbocycles. The van der Waals surface area contributed by atoms with Crippen LogP contribution in [0.3, 0.4) is 0 Å². The third-order valence-electron chi connectivity index (χ3n) is 5.22. The Kier molecular flexibility index (Phi) is 9.05. The topological polar surface area (TPSA) is 0 Å². The van der Waals surface area contributed by atoms with Gasteiger partial charge in [-0.15, -0.1) is 0 Å². The molecule has 0 aromatic heterocycles. The Bertz CT molecular complexity index is 450. The van der Waals surface area contributed by atoms with Crippen molar-refractivity contribution < 1.29 is 57.9 Å². The van der Waals surface area contributed by atoms with Crippen LogP contribution >= 0.6 is 0 Å². The van der Waals surface area contributed by atoms with E-state index in [2.05, 4.69) is 96.3 Å². The average molecular weight is 393 g/mol. The summed E-state index contributed by atoms with van der Waals surface area (Å²) in [5.41, 5.74) is 12.2. The van der Waals surface area contributed by atoms with E-state index in [1.54, 1.807) is 22.3 Å². The molecule has 0 fully saturated rings. The van der Waals surface area contributed by atoms with Crippen molar-refractivity contribution in [2.24, 2.45) is 0 Å². The SMILES string of the molecule is CC1=C(C)[CH]([Ti+3])C(C)=C1C.CC1=C(C)[CH]([Ti+3])C(C)=C1C.[Mn+2]. The van der Waals surface area contributed by atoms with Gasteiger partial charge in [0.15, 0.2) is 0 Å². The fourth-order valence-corrected chi connectivity index (χ4v) is 4.05. The van der Waals surface area contributed by atoms with Gasteiger partial charge in [0.1, 0.15) is 0 Å². The number of rotatable bonds is 0. The van der Waals surface area contributed by atoms with E-state index in [4.69, 9.17) is 0 Å². The molecule has 0 spiro atoms. The maximum absolute atomic E-state index is 2.28. The van der Waals surface area contributed by atoms with Crippen LogP contribution in [0, 0.1) is 0 Å². The average Bonchev–Trinajstić information content (AvgIpc) is 2.71. The normalized spacial score (nSPS) is 20.4. The van der Waals surface area contributed by atoms with Gasteiger partial charge in [0.2, 0.25) is 0 Å². The molecule has 0 N–H and O–H groups in total. The first kappa shape index (κ1) is 21.9.